The second kappa shape index (κ2) is 3.12. The standard InChI is InChI=1S/C14H18/c1-10-4-2-3-5-13(10)14-9-11-6-7-12(14)8-11/h2-5,11-12,14H,6-9H2,1H3/t11-,12+,14?/m1/s1. The molecule has 2 bridgehead atoms. The fourth-order valence-electron chi connectivity index (χ4n) is 3.63. The molecule has 1 aromatic carbocycles. The van der Waals surface area contributed by atoms with E-state index in [9.17, 15) is 0 Å². The molecule has 0 heteroatoms. The second-order valence-corrected chi connectivity index (χ2v) is 5.14. The summed E-state index contributed by atoms with van der Waals surface area (Å²) in [5.41, 5.74) is 3.14. The molecule has 2 aliphatic carbocycles. The van der Waals surface area contributed by atoms with Crippen LogP contribution in [0, 0.1) is 18.8 Å². The van der Waals surface area contributed by atoms with Crippen LogP contribution in [-0.4, -0.2) is 0 Å². The summed E-state index contributed by atoms with van der Waals surface area (Å²) in [6.45, 7) is 2.27. The minimum absolute atomic E-state index is 0.898. The molecule has 0 saturated heterocycles. The molecular formula is C14H18. The first-order valence-electron chi connectivity index (χ1n) is 5.90. The lowest BCUT2D eigenvalue weighted by Crippen LogP contribution is -2.09. The molecular weight excluding hydrogens is 168 g/mol. The van der Waals surface area contributed by atoms with Gasteiger partial charge in [0.25, 0.3) is 0 Å². The third kappa shape index (κ3) is 1.20. The molecule has 1 aromatic rings. The van der Waals surface area contributed by atoms with E-state index in [2.05, 4.69) is 31.2 Å². The van der Waals surface area contributed by atoms with Gasteiger partial charge in [0.15, 0.2) is 0 Å². The van der Waals surface area contributed by atoms with E-state index in [-0.39, 0.29) is 0 Å². The van der Waals surface area contributed by atoms with Crippen molar-refractivity contribution in [1.82, 2.24) is 0 Å². The summed E-state index contributed by atoms with van der Waals surface area (Å²) in [7, 11) is 0. The number of hydrogen-bond acceptors (Lipinski definition) is 0. The molecule has 2 fully saturated rings. The minimum Gasteiger partial charge on any atom is -0.0620 e. The Morgan fingerprint density at radius 3 is 2.57 bits per heavy atom. The van der Waals surface area contributed by atoms with Crippen molar-refractivity contribution >= 4 is 0 Å². The minimum atomic E-state index is 0.898. The molecule has 0 amide bonds. The van der Waals surface area contributed by atoms with E-state index in [1.54, 1.807) is 5.56 Å². The van der Waals surface area contributed by atoms with Crippen LogP contribution in [0.4, 0.5) is 0 Å². The van der Waals surface area contributed by atoms with Crippen molar-refractivity contribution in [2.45, 2.75) is 38.5 Å². The van der Waals surface area contributed by atoms with Crippen LogP contribution in [-0.2, 0) is 0 Å². The third-order valence-electron chi connectivity index (χ3n) is 4.33. The van der Waals surface area contributed by atoms with E-state index >= 15 is 0 Å². The lowest BCUT2D eigenvalue weighted by atomic mass is 9.82. The molecule has 74 valence electrons. The third-order valence-corrected chi connectivity index (χ3v) is 4.33. The highest BCUT2D eigenvalue weighted by Gasteiger charge is 2.40. The maximum atomic E-state index is 2.35. The quantitative estimate of drug-likeness (QED) is 0.624. The van der Waals surface area contributed by atoms with Crippen LogP contribution >= 0.6 is 0 Å². The first-order chi connectivity index (χ1) is 6.84. The highest BCUT2D eigenvalue weighted by molar-refractivity contribution is 5.31. The molecule has 0 heterocycles. The van der Waals surface area contributed by atoms with E-state index in [1.165, 1.54) is 31.2 Å². The Hall–Kier alpha value is -0.780. The van der Waals surface area contributed by atoms with Crippen molar-refractivity contribution in [1.29, 1.82) is 0 Å². The molecule has 3 atom stereocenters. The van der Waals surface area contributed by atoms with Gasteiger partial charge in [-0.2, -0.15) is 0 Å². The summed E-state index contributed by atoms with van der Waals surface area (Å²) in [5, 5.41) is 0. The molecule has 14 heavy (non-hydrogen) atoms. The fraction of sp³-hybridized carbons (Fsp3) is 0.571. The van der Waals surface area contributed by atoms with E-state index < -0.39 is 0 Å². The summed E-state index contributed by atoms with van der Waals surface area (Å²) in [6, 6.07) is 8.97. The highest BCUT2D eigenvalue weighted by atomic mass is 14.4. The van der Waals surface area contributed by atoms with Crippen molar-refractivity contribution < 1.29 is 0 Å². The Morgan fingerprint density at radius 1 is 1.07 bits per heavy atom. The van der Waals surface area contributed by atoms with Crippen LogP contribution < -0.4 is 0 Å². The summed E-state index contributed by atoms with van der Waals surface area (Å²) < 4.78 is 0. The first kappa shape index (κ1) is 8.52. The van der Waals surface area contributed by atoms with Gasteiger partial charge in [0.05, 0.1) is 0 Å². The molecule has 0 radical (unpaired) electrons. The Balaban J connectivity index is 1.93. The average Bonchev–Trinajstić information content (AvgIpc) is 2.79. The molecule has 0 spiro atoms. The second-order valence-electron chi connectivity index (χ2n) is 5.14. The Kier molecular flexibility index (Phi) is 1.90. The van der Waals surface area contributed by atoms with Gasteiger partial charge in [-0.15, -0.1) is 0 Å². The molecule has 0 aliphatic heterocycles. The van der Waals surface area contributed by atoms with Gasteiger partial charge < -0.3 is 0 Å². The van der Waals surface area contributed by atoms with E-state index in [0.717, 1.165) is 17.8 Å². The van der Waals surface area contributed by atoms with Crippen LogP contribution in [0.2, 0.25) is 0 Å². The van der Waals surface area contributed by atoms with Gasteiger partial charge in [-0.25, -0.2) is 0 Å². The largest absolute Gasteiger partial charge is 0.0620 e. The number of fused-ring (bicyclic) bond motifs is 2. The van der Waals surface area contributed by atoms with Gasteiger partial charge in [0.1, 0.15) is 0 Å². The zero-order valence-electron chi connectivity index (χ0n) is 8.87. The number of hydrogen-bond donors (Lipinski definition) is 0. The van der Waals surface area contributed by atoms with Gasteiger partial charge in [0, 0.05) is 0 Å². The molecule has 0 aromatic heterocycles. The number of aryl methyl sites for hydroxylation is 1. The zero-order chi connectivity index (χ0) is 9.54. The smallest absolute Gasteiger partial charge is 0.0128 e. The van der Waals surface area contributed by atoms with Crippen LogP contribution in [0.15, 0.2) is 24.3 Å². The van der Waals surface area contributed by atoms with Gasteiger partial charge in [-0.05, 0) is 55.1 Å². The van der Waals surface area contributed by atoms with Crippen molar-refractivity contribution in [2.75, 3.05) is 0 Å². The highest BCUT2D eigenvalue weighted by Crippen LogP contribution is 2.53. The normalized spacial score (nSPS) is 35.1. The molecule has 0 nitrogen and oxygen atoms in total. The summed E-state index contributed by atoms with van der Waals surface area (Å²) in [4.78, 5) is 0. The average molecular weight is 186 g/mol. The maximum Gasteiger partial charge on any atom is -0.0128 e. The van der Waals surface area contributed by atoms with Crippen molar-refractivity contribution in [3.05, 3.63) is 35.4 Å². The Labute approximate surface area is 86.3 Å². The molecule has 3 rings (SSSR count). The number of benzene rings is 1. The van der Waals surface area contributed by atoms with Gasteiger partial charge in [-0.3, -0.25) is 0 Å². The van der Waals surface area contributed by atoms with Crippen LogP contribution in [0.1, 0.15) is 42.7 Å². The fourth-order valence-corrected chi connectivity index (χ4v) is 3.63. The predicted molar refractivity (Wildman–Crippen MR) is 59.4 cm³/mol. The van der Waals surface area contributed by atoms with E-state index in [4.69, 9.17) is 0 Å². The van der Waals surface area contributed by atoms with Crippen molar-refractivity contribution in [3.8, 4) is 0 Å². The lowest BCUT2D eigenvalue weighted by molar-refractivity contribution is 0.419. The van der Waals surface area contributed by atoms with Crippen molar-refractivity contribution in [2.24, 2.45) is 11.8 Å². The maximum absolute atomic E-state index is 2.35. The first-order valence-corrected chi connectivity index (χ1v) is 5.90. The monoisotopic (exact) mass is 186 g/mol. The Morgan fingerprint density at radius 2 is 1.93 bits per heavy atom. The van der Waals surface area contributed by atoms with Crippen molar-refractivity contribution in [3.63, 3.8) is 0 Å². The van der Waals surface area contributed by atoms with Gasteiger partial charge in [0.2, 0.25) is 0 Å². The summed E-state index contributed by atoms with van der Waals surface area (Å²) >= 11 is 0. The Bertz CT molecular complexity index is 340. The molecule has 2 aliphatic rings. The van der Waals surface area contributed by atoms with E-state index in [0.29, 0.717) is 0 Å². The predicted octanol–water partition coefficient (Wildman–Crippen LogP) is 3.90. The van der Waals surface area contributed by atoms with Crippen LogP contribution in [0.25, 0.3) is 0 Å². The SMILES string of the molecule is Cc1ccccc1C1C[C@@H]2CC[C@H]1C2. The zero-order valence-corrected chi connectivity index (χ0v) is 8.87. The van der Waals surface area contributed by atoms with Crippen LogP contribution in [0.3, 0.4) is 0 Å². The molecule has 0 N–H and O–H groups in total. The molecule has 2 saturated carbocycles. The lowest BCUT2D eigenvalue weighted by Gasteiger charge is -2.23. The molecule has 1 unspecified atom stereocenters. The van der Waals surface area contributed by atoms with E-state index in [1.807, 2.05) is 0 Å². The van der Waals surface area contributed by atoms with Gasteiger partial charge >= 0.3 is 0 Å². The summed E-state index contributed by atoms with van der Waals surface area (Å²) in [6.07, 6.45) is 5.98. The van der Waals surface area contributed by atoms with Gasteiger partial charge in [-0.1, -0.05) is 30.7 Å². The topological polar surface area (TPSA) is 0 Å². The summed E-state index contributed by atoms with van der Waals surface area (Å²) in [5.74, 6) is 2.97. The number of rotatable bonds is 1. The van der Waals surface area contributed by atoms with Crippen LogP contribution in [0.5, 0.6) is 0 Å².